The molecule has 1 rings (SSSR count). The van der Waals surface area contributed by atoms with Gasteiger partial charge < -0.3 is 4.79 Å². The first-order valence-corrected chi connectivity index (χ1v) is 7.53. The van der Waals surface area contributed by atoms with Crippen molar-refractivity contribution in [1.82, 2.24) is 0 Å². The number of carbonyl (C=O) groups excluding carboxylic acids is 1. The second-order valence-corrected chi connectivity index (χ2v) is 6.64. The van der Waals surface area contributed by atoms with E-state index in [2.05, 4.69) is 0 Å². The number of ketones is 1. The van der Waals surface area contributed by atoms with Gasteiger partial charge in [0.2, 0.25) is 0 Å². The van der Waals surface area contributed by atoms with Crippen molar-refractivity contribution in [2.75, 3.05) is 5.75 Å². The Morgan fingerprint density at radius 1 is 1.24 bits per heavy atom. The minimum absolute atomic E-state index is 0.00206. The number of carbonyl (C=O) groups is 1. The van der Waals surface area contributed by atoms with Crippen molar-refractivity contribution in [3.05, 3.63) is 34.9 Å². The van der Waals surface area contributed by atoms with Gasteiger partial charge in [-0.2, -0.15) is 0 Å². The van der Waals surface area contributed by atoms with Gasteiger partial charge in [-0.1, -0.05) is 23.7 Å². The summed E-state index contributed by atoms with van der Waals surface area (Å²) in [4.78, 5) is 10.7. The van der Waals surface area contributed by atoms with Crippen LogP contribution in [0.2, 0.25) is 5.02 Å². The Kier molecular flexibility index (Phi) is 5.15. The predicted octanol–water partition coefficient (Wildman–Crippen LogP) is 2.62. The summed E-state index contributed by atoms with van der Waals surface area (Å²) in [7, 11) is -3.14. The summed E-state index contributed by atoms with van der Waals surface area (Å²) in [5.41, 5.74) is 0.720. The average Bonchev–Trinajstić information content (AvgIpc) is 2.20. The second-order valence-electron chi connectivity index (χ2n) is 4.02. The molecule has 0 spiro atoms. The predicted molar refractivity (Wildman–Crippen MR) is 68.9 cm³/mol. The van der Waals surface area contributed by atoms with Gasteiger partial charge >= 0.3 is 0 Å². The maximum Gasteiger partial charge on any atom is 0.154 e. The monoisotopic (exact) mass is 274 g/mol. The highest BCUT2D eigenvalue weighted by Gasteiger charge is 2.12. The first kappa shape index (κ1) is 14.2. The Morgan fingerprint density at radius 2 is 1.82 bits per heavy atom. The minimum Gasteiger partial charge on any atom is -0.300 e. The zero-order valence-corrected chi connectivity index (χ0v) is 11.2. The van der Waals surface area contributed by atoms with Gasteiger partial charge in [0.1, 0.15) is 5.78 Å². The summed E-state index contributed by atoms with van der Waals surface area (Å²) >= 11 is 5.71. The number of hydrogen-bond acceptors (Lipinski definition) is 3. The Labute approximate surface area is 107 Å². The van der Waals surface area contributed by atoms with Crippen LogP contribution in [0.15, 0.2) is 24.3 Å². The SMILES string of the molecule is CC(=O)CCCS(=O)(=O)Cc1ccc(Cl)cc1. The molecule has 1 aromatic rings. The maximum absolute atomic E-state index is 11.7. The van der Waals surface area contributed by atoms with Crippen LogP contribution < -0.4 is 0 Å². The van der Waals surface area contributed by atoms with Crippen molar-refractivity contribution in [3.8, 4) is 0 Å². The minimum atomic E-state index is -3.14. The number of rotatable bonds is 6. The lowest BCUT2D eigenvalue weighted by molar-refractivity contribution is -0.117. The van der Waals surface area contributed by atoms with E-state index in [1.807, 2.05) is 0 Å². The van der Waals surface area contributed by atoms with E-state index < -0.39 is 9.84 Å². The zero-order chi connectivity index (χ0) is 12.9. The molecule has 94 valence electrons. The topological polar surface area (TPSA) is 51.2 Å². The van der Waals surface area contributed by atoms with Crippen LogP contribution in [0, 0.1) is 0 Å². The molecule has 0 N–H and O–H groups in total. The summed E-state index contributed by atoms with van der Waals surface area (Å²) in [6.07, 6.45) is 0.713. The van der Waals surface area contributed by atoms with E-state index in [9.17, 15) is 13.2 Å². The fraction of sp³-hybridized carbons (Fsp3) is 0.417. The fourth-order valence-electron chi connectivity index (χ4n) is 1.45. The van der Waals surface area contributed by atoms with Crippen LogP contribution in [0.3, 0.4) is 0 Å². The van der Waals surface area contributed by atoms with Crippen LogP contribution >= 0.6 is 11.6 Å². The molecule has 0 radical (unpaired) electrons. The molecule has 17 heavy (non-hydrogen) atoms. The Balaban J connectivity index is 2.54. The summed E-state index contributed by atoms with van der Waals surface area (Å²) in [5, 5.41) is 0.586. The van der Waals surface area contributed by atoms with E-state index in [1.54, 1.807) is 24.3 Å². The van der Waals surface area contributed by atoms with E-state index in [4.69, 9.17) is 11.6 Å². The largest absolute Gasteiger partial charge is 0.300 e. The van der Waals surface area contributed by atoms with Crippen LogP contribution in [0.1, 0.15) is 25.3 Å². The Bertz CT molecular complexity index is 477. The molecule has 0 unspecified atom stereocenters. The summed E-state index contributed by atoms with van der Waals surface area (Å²) in [6.45, 7) is 1.46. The standard InChI is InChI=1S/C12H15ClO3S/c1-10(14)3-2-8-17(15,16)9-11-4-6-12(13)7-5-11/h4-7H,2-3,8-9H2,1H3. The molecule has 0 aromatic heterocycles. The lowest BCUT2D eigenvalue weighted by Crippen LogP contribution is -2.10. The van der Waals surface area contributed by atoms with Gasteiger partial charge in [0, 0.05) is 11.4 Å². The van der Waals surface area contributed by atoms with Crippen molar-refractivity contribution in [3.63, 3.8) is 0 Å². The molecule has 0 bridgehead atoms. The van der Waals surface area contributed by atoms with Crippen molar-refractivity contribution >= 4 is 27.2 Å². The zero-order valence-electron chi connectivity index (χ0n) is 9.65. The van der Waals surface area contributed by atoms with Crippen molar-refractivity contribution in [1.29, 1.82) is 0 Å². The van der Waals surface area contributed by atoms with E-state index in [0.29, 0.717) is 17.9 Å². The molecule has 5 heteroatoms. The number of halogens is 1. The van der Waals surface area contributed by atoms with Crippen LogP contribution in [-0.4, -0.2) is 20.0 Å². The Morgan fingerprint density at radius 3 is 2.35 bits per heavy atom. The first-order valence-electron chi connectivity index (χ1n) is 5.33. The van der Waals surface area contributed by atoms with Crippen molar-refractivity contribution in [2.45, 2.75) is 25.5 Å². The summed E-state index contributed by atoms with van der Waals surface area (Å²) in [5.74, 6) is 0.0729. The van der Waals surface area contributed by atoms with Gasteiger partial charge in [-0.25, -0.2) is 8.42 Å². The molecule has 0 heterocycles. The van der Waals surface area contributed by atoms with E-state index >= 15 is 0 Å². The maximum atomic E-state index is 11.7. The Hall–Kier alpha value is -0.870. The molecule has 0 saturated heterocycles. The van der Waals surface area contributed by atoms with Gasteiger partial charge in [-0.05, 0) is 31.0 Å². The van der Waals surface area contributed by atoms with Gasteiger partial charge in [-0.3, -0.25) is 0 Å². The molecule has 1 aromatic carbocycles. The van der Waals surface area contributed by atoms with Crippen LogP contribution in [-0.2, 0) is 20.4 Å². The first-order chi connectivity index (χ1) is 7.89. The number of benzene rings is 1. The van der Waals surface area contributed by atoms with Crippen LogP contribution in [0.4, 0.5) is 0 Å². The van der Waals surface area contributed by atoms with E-state index in [-0.39, 0.29) is 17.3 Å². The summed E-state index contributed by atoms with van der Waals surface area (Å²) < 4.78 is 23.4. The number of hydrogen-bond donors (Lipinski definition) is 0. The van der Waals surface area contributed by atoms with E-state index in [0.717, 1.165) is 5.56 Å². The highest BCUT2D eigenvalue weighted by atomic mass is 35.5. The molecular weight excluding hydrogens is 260 g/mol. The molecular formula is C12H15ClO3S. The fourth-order valence-corrected chi connectivity index (χ4v) is 3.00. The van der Waals surface area contributed by atoms with Gasteiger partial charge in [0.05, 0.1) is 11.5 Å². The molecule has 0 aliphatic heterocycles. The molecule has 3 nitrogen and oxygen atoms in total. The average molecular weight is 275 g/mol. The quantitative estimate of drug-likeness (QED) is 0.801. The van der Waals surface area contributed by atoms with Crippen molar-refractivity contribution < 1.29 is 13.2 Å². The normalized spacial score (nSPS) is 11.4. The smallest absolute Gasteiger partial charge is 0.154 e. The third-order valence-electron chi connectivity index (χ3n) is 2.28. The van der Waals surface area contributed by atoms with Crippen LogP contribution in [0.25, 0.3) is 0 Å². The second kappa shape index (κ2) is 6.17. The third kappa shape index (κ3) is 5.84. The van der Waals surface area contributed by atoms with Crippen molar-refractivity contribution in [2.24, 2.45) is 0 Å². The third-order valence-corrected chi connectivity index (χ3v) is 4.22. The van der Waals surface area contributed by atoms with Gasteiger partial charge in [0.25, 0.3) is 0 Å². The molecule has 0 aliphatic rings. The van der Waals surface area contributed by atoms with E-state index in [1.165, 1.54) is 6.92 Å². The molecule has 0 aliphatic carbocycles. The number of sulfone groups is 1. The lowest BCUT2D eigenvalue weighted by atomic mass is 10.2. The number of Topliss-reactive ketones (excluding diaryl/α,β-unsaturated/α-hetero) is 1. The highest BCUT2D eigenvalue weighted by molar-refractivity contribution is 7.90. The summed E-state index contributed by atoms with van der Waals surface area (Å²) in [6, 6.07) is 6.74. The van der Waals surface area contributed by atoms with Gasteiger partial charge in [0.15, 0.2) is 9.84 Å². The van der Waals surface area contributed by atoms with Gasteiger partial charge in [-0.15, -0.1) is 0 Å². The molecule has 0 fully saturated rings. The molecule has 0 saturated carbocycles. The molecule has 0 amide bonds. The highest BCUT2D eigenvalue weighted by Crippen LogP contribution is 2.13. The molecule has 0 atom stereocenters. The lowest BCUT2D eigenvalue weighted by Gasteiger charge is -2.04. The van der Waals surface area contributed by atoms with Crippen LogP contribution in [0.5, 0.6) is 0 Å².